The summed E-state index contributed by atoms with van der Waals surface area (Å²) < 4.78 is 26.1. The summed E-state index contributed by atoms with van der Waals surface area (Å²) in [5.74, 6) is -1.18. The second kappa shape index (κ2) is 5.11. The predicted octanol–water partition coefficient (Wildman–Crippen LogP) is 1.69. The van der Waals surface area contributed by atoms with Gasteiger partial charge in [0.1, 0.15) is 22.2 Å². The fourth-order valence-electron chi connectivity index (χ4n) is 1.16. The van der Waals surface area contributed by atoms with E-state index >= 15 is 0 Å². The number of nitrogens with one attached hydrogen (secondary N) is 1. The lowest BCUT2D eigenvalue weighted by Crippen LogP contribution is -2.13. The lowest BCUT2D eigenvalue weighted by Gasteiger charge is -2.04. The Morgan fingerprint density at radius 2 is 2.11 bits per heavy atom. The first kappa shape index (κ1) is 13.7. The van der Waals surface area contributed by atoms with Gasteiger partial charge in [0.05, 0.1) is 4.90 Å². The molecule has 0 saturated carbocycles. The third kappa shape index (κ3) is 3.19. The van der Waals surface area contributed by atoms with Gasteiger partial charge in [-0.25, -0.2) is 23.2 Å². The minimum absolute atomic E-state index is 0.00285. The molecule has 7 nitrogen and oxygen atoms in total. The predicted molar refractivity (Wildman–Crippen MR) is 69.1 cm³/mol. The van der Waals surface area contributed by atoms with Crippen LogP contribution in [-0.4, -0.2) is 29.5 Å². The van der Waals surface area contributed by atoms with Crippen molar-refractivity contribution in [2.45, 2.75) is 4.90 Å². The van der Waals surface area contributed by atoms with Crippen molar-refractivity contribution in [1.29, 1.82) is 0 Å². The first-order chi connectivity index (χ1) is 8.88. The van der Waals surface area contributed by atoms with Crippen LogP contribution >= 0.6 is 22.9 Å². The Hall–Kier alpha value is -1.71. The first-order valence-corrected chi connectivity index (χ1v) is 7.45. The lowest BCUT2D eigenvalue weighted by atomic mass is 10.5. The fraction of sp³-hybridized carbons (Fsp3) is 0. The molecule has 0 aliphatic rings. The van der Waals surface area contributed by atoms with Gasteiger partial charge in [-0.1, -0.05) is 11.6 Å². The van der Waals surface area contributed by atoms with Gasteiger partial charge in [0.2, 0.25) is 0 Å². The molecule has 0 aliphatic heterocycles. The van der Waals surface area contributed by atoms with Gasteiger partial charge in [0, 0.05) is 11.4 Å². The van der Waals surface area contributed by atoms with Crippen LogP contribution in [0.5, 0.6) is 0 Å². The van der Waals surface area contributed by atoms with E-state index < -0.39 is 16.0 Å². The summed E-state index contributed by atoms with van der Waals surface area (Å²) >= 11 is 6.42. The number of aromatic carboxylic acids is 1. The van der Waals surface area contributed by atoms with Gasteiger partial charge in [-0.05, 0) is 6.07 Å². The van der Waals surface area contributed by atoms with Crippen molar-refractivity contribution in [1.82, 2.24) is 9.97 Å². The van der Waals surface area contributed by atoms with Crippen molar-refractivity contribution < 1.29 is 18.3 Å². The quantitative estimate of drug-likeness (QED) is 0.830. The van der Waals surface area contributed by atoms with Crippen molar-refractivity contribution in [2.75, 3.05) is 4.72 Å². The van der Waals surface area contributed by atoms with Gasteiger partial charge in [0.25, 0.3) is 10.0 Å². The number of nitrogens with zero attached hydrogens (tertiary/aromatic N) is 2. The molecule has 10 heteroatoms. The monoisotopic (exact) mass is 319 g/mol. The SMILES string of the molecule is O=C(O)c1cc(S(=O)(=O)Nc2cc(Cl)ncn2)cs1. The number of carbonyl (C=O) groups is 1. The largest absolute Gasteiger partial charge is 0.477 e. The van der Waals surface area contributed by atoms with Crippen LogP contribution in [0.25, 0.3) is 0 Å². The molecule has 100 valence electrons. The Morgan fingerprint density at radius 3 is 2.68 bits per heavy atom. The number of carboxylic acids is 1. The number of anilines is 1. The number of sulfonamides is 1. The molecule has 0 bridgehead atoms. The molecule has 0 aliphatic carbocycles. The van der Waals surface area contributed by atoms with E-state index in [0.717, 1.165) is 23.7 Å². The Morgan fingerprint density at radius 1 is 1.37 bits per heavy atom. The average molecular weight is 320 g/mol. The Bertz CT molecular complexity index is 729. The zero-order chi connectivity index (χ0) is 14.0. The highest BCUT2D eigenvalue weighted by atomic mass is 35.5. The van der Waals surface area contributed by atoms with E-state index in [-0.39, 0.29) is 20.7 Å². The summed E-state index contributed by atoms with van der Waals surface area (Å²) in [7, 11) is -3.89. The minimum atomic E-state index is -3.89. The number of hydrogen-bond donors (Lipinski definition) is 2. The molecule has 19 heavy (non-hydrogen) atoms. The van der Waals surface area contributed by atoms with Crippen LogP contribution in [0.1, 0.15) is 9.67 Å². The van der Waals surface area contributed by atoms with Gasteiger partial charge in [-0.15, -0.1) is 11.3 Å². The number of rotatable bonds is 4. The van der Waals surface area contributed by atoms with Gasteiger partial charge in [-0.3, -0.25) is 4.72 Å². The van der Waals surface area contributed by atoms with Crippen LogP contribution in [0.2, 0.25) is 5.15 Å². The third-order valence-corrected chi connectivity index (χ3v) is 4.58. The third-order valence-electron chi connectivity index (χ3n) is 1.97. The molecule has 0 radical (unpaired) electrons. The summed E-state index contributed by atoms with van der Waals surface area (Å²) in [6, 6.07) is 2.31. The summed E-state index contributed by atoms with van der Waals surface area (Å²) in [4.78, 5) is 17.8. The van der Waals surface area contributed by atoms with Crippen molar-refractivity contribution in [2.24, 2.45) is 0 Å². The van der Waals surface area contributed by atoms with E-state index in [4.69, 9.17) is 16.7 Å². The average Bonchev–Trinajstić information content (AvgIpc) is 2.78. The maximum atomic E-state index is 11.9. The standard InChI is InChI=1S/C9H6ClN3O4S2/c10-7-2-8(12-4-11-7)13-19(16,17)5-1-6(9(14)15)18-3-5/h1-4H,(H,14,15)(H,11,12,13). The van der Waals surface area contributed by atoms with Crippen LogP contribution < -0.4 is 4.72 Å². The molecule has 0 aromatic carbocycles. The van der Waals surface area contributed by atoms with Gasteiger partial charge < -0.3 is 5.11 Å². The molecule has 0 spiro atoms. The molecule has 2 rings (SSSR count). The smallest absolute Gasteiger partial charge is 0.345 e. The molecule has 0 saturated heterocycles. The highest BCUT2D eigenvalue weighted by molar-refractivity contribution is 7.92. The van der Waals surface area contributed by atoms with E-state index in [1.54, 1.807) is 0 Å². The number of halogens is 1. The molecule has 0 fully saturated rings. The summed E-state index contributed by atoms with van der Waals surface area (Å²) in [6.07, 6.45) is 1.11. The fourth-order valence-corrected chi connectivity index (χ4v) is 3.42. The topological polar surface area (TPSA) is 109 Å². The molecule has 0 unspecified atom stereocenters. The first-order valence-electron chi connectivity index (χ1n) is 4.71. The van der Waals surface area contributed by atoms with Crippen LogP contribution in [0.3, 0.4) is 0 Å². The number of carboxylic acid groups (broad SMARTS) is 1. The second-order valence-corrected chi connectivity index (χ2v) is 6.26. The Kier molecular flexibility index (Phi) is 3.69. The Balaban J connectivity index is 2.29. The minimum Gasteiger partial charge on any atom is -0.477 e. The highest BCUT2D eigenvalue weighted by Crippen LogP contribution is 2.21. The van der Waals surface area contributed by atoms with Gasteiger partial charge in [0.15, 0.2) is 0 Å². The molecule has 2 N–H and O–H groups in total. The van der Waals surface area contributed by atoms with Crippen molar-refractivity contribution >= 4 is 44.7 Å². The van der Waals surface area contributed by atoms with E-state index in [9.17, 15) is 13.2 Å². The highest BCUT2D eigenvalue weighted by Gasteiger charge is 2.19. The molecule has 2 aromatic rings. The van der Waals surface area contributed by atoms with Gasteiger partial charge >= 0.3 is 5.97 Å². The zero-order valence-electron chi connectivity index (χ0n) is 9.07. The molecule has 2 aromatic heterocycles. The number of thiophene rings is 1. The zero-order valence-corrected chi connectivity index (χ0v) is 11.5. The van der Waals surface area contributed by atoms with Crippen molar-refractivity contribution in [3.05, 3.63) is 33.9 Å². The van der Waals surface area contributed by atoms with E-state index in [1.165, 1.54) is 11.4 Å². The maximum Gasteiger partial charge on any atom is 0.345 e. The van der Waals surface area contributed by atoms with Crippen molar-refractivity contribution in [3.63, 3.8) is 0 Å². The molecule has 2 heterocycles. The molecular formula is C9H6ClN3O4S2. The number of hydrogen-bond acceptors (Lipinski definition) is 6. The molecule has 0 amide bonds. The summed E-state index contributed by atoms with van der Waals surface area (Å²) in [5, 5.41) is 10.1. The van der Waals surface area contributed by atoms with Crippen molar-refractivity contribution in [3.8, 4) is 0 Å². The van der Waals surface area contributed by atoms with Crippen LogP contribution in [0, 0.1) is 0 Å². The van der Waals surface area contributed by atoms with E-state index in [0.29, 0.717) is 0 Å². The van der Waals surface area contributed by atoms with Gasteiger partial charge in [-0.2, -0.15) is 0 Å². The van der Waals surface area contributed by atoms with Crippen LogP contribution in [0.4, 0.5) is 5.82 Å². The van der Waals surface area contributed by atoms with Crippen LogP contribution in [0.15, 0.2) is 28.7 Å². The number of aromatic nitrogens is 2. The van der Waals surface area contributed by atoms with E-state index in [1.807, 2.05) is 0 Å². The molecule has 0 atom stereocenters. The lowest BCUT2D eigenvalue weighted by molar-refractivity contribution is 0.0702. The maximum absolute atomic E-state index is 11.9. The summed E-state index contributed by atoms with van der Waals surface area (Å²) in [5.41, 5.74) is 0. The normalized spacial score (nSPS) is 11.2. The van der Waals surface area contributed by atoms with E-state index in [2.05, 4.69) is 14.7 Å². The Labute approximate surface area is 117 Å². The molecular weight excluding hydrogens is 314 g/mol. The van der Waals surface area contributed by atoms with Crippen LogP contribution in [-0.2, 0) is 10.0 Å². The summed E-state index contributed by atoms with van der Waals surface area (Å²) in [6.45, 7) is 0. The second-order valence-electron chi connectivity index (χ2n) is 3.28.